The minimum absolute atomic E-state index is 0.154. The first-order valence-corrected chi connectivity index (χ1v) is 8.61. The highest BCUT2D eigenvalue weighted by molar-refractivity contribution is 5.91. The highest BCUT2D eigenvalue weighted by atomic mass is 16.3. The molecule has 0 bridgehead atoms. The summed E-state index contributed by atoms with van der Waals surface area (Å²) in [6.07, 6.45) is 17.6. The van der Waals surface area contributed by atoms with E-state index in [1.165, 1.54) is 5.57 Å². The van der Waals surface area contributed by atoms with Gasteiger partial charge in [-0.1, -0.05) is 25.0 Å². The second-order valence-corrected chi connectivity index (χ2v) is 7.96. The molecule has 6 atom stereocenters. The molecule has 0 radical (unpaired) electrons. The van der Waals surface area contributed by atoms with Crippen molar-refractivity contribution in [3.63, 3.8) is 0 Å². The molecule has 2 heteroatoms. The maximum atomic E-state index is 11.7. The maximum absolute atomic E-state index is 11.7. The molecule has 0 spiro atoms. The van der Waals surface area contributed by atoms with Crippen LogP contribution in [0, 0.1) is 41.4 Å². The summed E-state index contributed by atoms with van der Waals surface area (Å²) in [7, 11) is 0. The minimum Gasteiger partial charge on any atom is -0.377 e. The maximum Gasteiger partial charge on any atom is 0.155 e. The van der Waals surface area contributed by atoms with Crippen molar-refractivity contribution in [3.05, 3.63) is 23.8 Å². The lowest BCUT2D eigenvalue weighted by molar-refractivity contribution is -0.115. The summed E-state index contributed by atoms with van der Waals surface area (Å²) in [6.45, 7) is 2.20. The van der Waals surface area contributed by atoms with E-state index in [0.29, 0.717) is 30.1 Å². The zero-order chi connectivity index (χ0) is 15.5. The van der Waals surface area contributed by atoms with E-state index in [2.05, 4.69) is 25.0 Å². The van der Waals surface area contributed by atoms with E-state index in [4.69, 9.17) is 6.42 Å². The van der Waals surface area contributed by atoms with E-state index in [0.717, 1.165) is 32.1 Å². The Morgan fingerprint density at radius 3 is 2.91 bits per heavy atom. The van der Waals surface area contributed by atoms with Crippen LogP contribution >= 0.6 is 0 Å². The summed E-state index contributed by atoms with van der Waals surface area (Å²) >= 11 is 0. The molecule has 4 aliphatic carbocycles. The molecule has 4 rings (SSSR count). The smallest absolute Gasteiger partial charge is 0.155 e. The Labute approximate surface area is 132 Å². The Kier molecular flexibility index (Phi) is 2.97. The SMILES string of the molecule is C#CC1(O)CC[C@@H]2[C@@H]3C=CC4=CC(=O)CC[C@@H]4[C@@H]3CC[C@@]21C. The summed E-state index contributed by atoms with van der Waals surface area (Å²) in [5.41, 5.74) is 0.153. The average molecular weight is 296 g/mol. The van der Waals surface area contributed by atoms with E-state index >= 15 is 0 Å². The Balaban J connectivity index is 1.71. The average Bonchev–Trinajstić information content (AvgIpc) is 2.79. The van der Waals surface area contributed by atoms with Gasteiger partial charge in [0.25, 0.3) is 0 Å². The van der Waals surface area contributed by atoms with Crippen LogP contribution in [0.4, 0.5) is 0 Å². The van der Waals surface area contributed by atoms with Gasteiger partial charge in [0.2, 0.25) is 0 Å². The Hall–Kier alpha value is -1.33. The van der Waals surface area contributed by atoms with Gasteiger partial charge < -0.3 is 5.11 Å². The summed E-state index contributed by atoms with van der Waals surface area (Å²) in [5, 5.41) is 10.9. The first-order chi connectivity index (χ1) is 10.5. The molecule has 0 saturated heterocycles. The second-order valence-electron chi connectivity index (χ2n) is 7.96. The minimum atomic E-state index is -0.935. The van der Waals surface area contributed by atoms with Crippen LogP contribution in [0.2, 0.25) is 0 Å². The van der Waals surface area contributed by atoms with E-state index in [-0.39, 0.29) is 11.2 Å². The number of ketones is 1. The quantitative estimate of drug-likeness (QED) is 0.697. The molecule has 22 heavy (non-hydrogen) atoms. The van der Waals surface area contributed by atoms with E-state index in [1.54, 1.807) is 0 Å². The lowest BCUT2D eigenvalue weighted by Crippen LogP contribution is -2.51. The van der Waals surface area contributed by atoms with Crippen LogP contribution in [0.1, 0.15) is 45.4 Å². The molecule has 116 valence electrons. The zero-order valence-corrected chi connectivity index (χ0v) is 13.2. The predicted molar refractivity (Wildman–Crippen MR) is 85.8 cm³/mol. The number of aliphatic hydroxyl groups is 1. The number of carbonyl (C=O) groups is 1. The molecule has 0 aromatic rings. The standard InChI is InChI=1S/C20H24O2/c1-3-20(22)11-9-18-17-6-4-13-12-14(21)5-7-15(13)16(17)8-10-19(18,20)2/h1,4,6,12,15-18,22H,5,7-11H2,2H3/t15-,16-,17+,18+,19-,20?/m0/s1. The molecule has 0 heterocycles. The van der Waals surface area contributed by atoms with Crippen molar-refractivity contribution in [2.45, 2.75) is 51.0 Å². The summed E-state index contributed by atoms with van der Waals surface area (Å²) in [5.74, 6) is 5.14. The van der Waals surface area contributed by atoms with Crippen LogP contribution in [-0.4, -0.2) is 16.5 Å². The van der Waals surface area contributed by atoms with Gasteiger partial charge in [0.1, 0.15) is 5.60 Å². The normalized spacial score (nSPS) is 49.7. The fourth-order valence-electron chi connectivity index (χ4n) is 5.91. The fourth-order valence-corrected chi connectivity index (χ4v) is 5.91. The van der Waals surface area contributed by atoms with Gasteiger partial charge in [0.15, 0.2) is 5.78 Å². The Morgan fingerprint density at radius 2 is 2.14 bits per heavy atom. The molecule has 2 nitrogen and oxygen atoms in total. The Morgan fingerprint density at radius 1 is 1.32 bits per heavy atom. The summed E-state index contributed by atoms with van der Waals surface area (Å²) in [6, 6.07) is 0. The fraction of sp³-hybridized carbons (Fsp3) is 0.650. The van der Waals surface area contributed by atoms with Gasteiger partial charge >= 0.3 is 0 Å². The predicted octanol–water partition coefficient (Wildman–Crippen LogP) is 3.27. The number of hydrogen-bond donors (Lipinski definition) is 1. The number of hydrogen-bond acceptors (Lipinski definition) is 2. The van der Waals surface area contributed by atoms with Crippen LogP contribution in [-0.2, 0) is 4.79 Å². The molecule has 2 fully saturated rings. The third-order valence-electron chi connectivity index (χ3n) is 7.26. The first-order valence-electron chi connectivity index (χ1n) is 8.61. The van der Waals surface area contributed by atoms with Crippen molar-refractivity contribution >= 4 is 5.78 Å². The molecule has 2 saturated carbocycles. The third-order valence-corrected chi connectivity index (χ3v) is 7.26. The largest absolute Gasteiger partial charge is 0.377 e. The van der Waals surface area contributed by atoms with Crippen molar-refractivity contribution in [3.8, 4) is 12.3 Å². The van der Waals surface area contributed by atoms with Crippen LogP contribution in [0.5, 0.6) is 0 Å². The van der Waals surface area contributed by atoms with Gasteiger partial charge in [0, 0.05) is 11.8 Å². The Bertz CT molecular complexity index is 622. The lowest BCUT2D eigenvalue weighted by Gasteiger charge is -2.52. The monoisotopic (exact) mass is 296 g/mol. The van der Waals surface area contributed by atoms with Crippen LogP contribution in [0.25, 0.3) is 0 Å². The number of carbonyl (C=O) groups excluding carboxylic acids is 1. The molecule has 1 unspecified atom stereocenters. The van der Waals surface area contributed by atoms with Gasteiger partial charge in [0.05, 0.1) is 0 Å². The molecule has 0 aliphatic heterocycles. The topological polar surface area (TPSA) is 37.3 Å². The van der Waals surface area contributed by atoms with E-state index in [9.17, 15) is 9.90 Å². The molecule has 4 aliphatic rings. The second kappa shape index (κ2) is 4.59. The van der Waals surface area contributed by atoms with Crippen LogP contribution < -0.4 is 0 Å². The molecule has 0 aromatic heterocycles. The number of rotatable bonds is 0. The van der Waals surface area contributed by atoms with Crippen molar-refractivity contribution in [1.82, 2.24) is 0 Å². The zero-order valence-electron chi connectivity index (χ0n) is 13.2. The third kappa shape index (κ3) is 1.69. The number of terminal acetylenes is 1. The molecular weight excluding hydrogens is 272 g/mol. The highest BCUT2D eigenvalue weighted by Crippen LogP contribution is 2.63. The van der Waals surface area contributed by atoms with Crippen molar-refractivity contribution < 1.29 is 9.90 Å². The molecule has 0 aromatic carbocycles. The van der Waals surface area contributed by atoms with Crippen LogP contribution in [0.3, 0.4) is 0 Å². The van der Waals surface area contributed by atoms with Gasteiger partial charge in [-0.2, -0.15) is 0 Å². The lowest BCUT2D eigenvalue weighted by atomic mass is 9.52. The molecular formula is C20H24O2. The van der Waals surface area contributed by atoms with Crippen molar-refractivity contribution in [1.29, 1.82) is 0 Å². The van der Waals surface area contributed by atoms with Gasteiger partial charge in [-0.05, 0) is 67.4 Å². The molecule has 0 amide bonds. The number of fused-ring (bicyclic) bond motifs is 5. The van der Waals surface area contributed by atoms with E-state index < -0.39 is 5.60 Å². The molecule has 1 N–H and O–H groups in total. The van der Waals surface area contributed by atoms with Crippen LogP contribution in [0.15, 0.2) is 23.8 Å². The van der Waals surface area contributed by atoms with Crippen molar-refractivity contribution in [2.75, 3.05) is 0 Å². The van der Waals surface area contributed by atoms with E-state index in [1.807, 2.05) is 6.08 Å². The van der Waals surface area contributed by atoms with Gasteiger partial charge in [-0.3, -0.25) is 4.79 Å². The first kappa shape index (κ1) is 14.3. The summed E-state index contributed by atoms with van der Waals surface area (Å²) in [4.78, 5) is 11.7. The number of allylic oxidation sites excluding steroid dienone is 4. The van der Waals surface area contributed by atoms with Crippen molar-refractivity contribution in [2.24, 2.45) is 29.1 Å². The highest BCUT2D eigenvalue weighted by Gasteiger charge is 2.61. The summed E-state index contributed by atoms with van der Waals surface area (Å²) < 4.78 is 0. The van der Waals surface area contributed by atoms with Gasteiger partial charge in [-0.15, -0.1) is 6.42 Å². The van der Waals surface area contributed by atoms with Gasteiger partial charge in [-0.25, -0.2) is 0 Å².